The SMILES string of the molecule is CCCCCCCCCCCCCCCCCC/C=C/C(O)C(COC1OC(CO)C(O)C(OS(=O)(=O)O)C1O)NC(=O)CCCCCCCCCCCCC. The number of carbonyl (C=O) groups is 1. The van der Waals surface area contributed by atoms with Gasteiger partial charge in [-0.05, 0) is 19.3 Å². The molecule has 7 atom stereocenters. The van der Waals surface area contributed by atoms with Crippen molar-refractivity contribution in [3.05, 3.63) is 12.2 Å². The highest BCUT2D eigenvalue weighted by atomic mass is 32.3. The van der Waals surface area contributed by atoms with Crippen LogP contribution in [-0.4, -0.2) is 95.4 Å². The molecule has 0 spiro atoms. The van der Waals surface area contributed by atoms with Crippen LogP contribution in [0.5, 0.6) is 0 Å². The van der Waals surface area contributed by atoms with Gasteiger partial charge in [0.2, 0.25) is 5.91 Å². The maximum atomic E-state index is 13.0. The van der Waals surface area contributed by atoms with Gasteiger partial charge in [-0.2, -0.15) is 8.42 Å². The van der Waals surface area contributed by atoms with E-state index in [-0.39, 0.29) is 18.9 Å². The van der Waals surface area contributed by atoms with Gasteiger partial charge in [0.1, 0.15) is 24.4 Å². The summed E-state index contributed by atoms with van der Waals surface area (Å²) in [6, 6.07) is -0.937. The zero-order valence-electron chi connectivity index (χ0n) is 35.2. The van der Waals surface area contributed by atoms with Gasteiger partial charge in [0.15, 0.2) is 6.29 Å². The standard InChI is InChI=1S/C43H83NO11S/c1-3-5-7-9-11-13-15-16-17-18-19-20-21-23-24-26-28-30-32-37(46)36(44-39(47)33-31-29-27-25-22-14-12-10-8-6-4-2)35-53-43-41(49)42(55-56(50,51)52)40(48)38(34-45)54-43/h30,32,36-38,40-43,45-46,48-49H,3-29,31,33-35H2,1-2H3,(H,44,47)(H,50,51,52)/b32-30+. The molecule has 1 fully saturated rings. The van der Waals surface area contributed by atoms with Gasteiger partial charge in [-0.25, -0.2) is 4.18 Å². The molecule has 1 aliphatic rings. The van der Waals surface area contributed by atoms with Gasteiger partial charge in [-0.1, -0.05) is 187 Å². The Bertz CT molecular complexity index is 1060. The van der Waals surface area contributed by atoms with Crippen molar-refractivity contribution in [1.29, 1.82) is 0 Å². The fourth-order valence-corrected chi connectivity index (χ4v) is 7.79. The zero-order valence-corrected chi connectivity index (χ0v) is 36.0. The molecule has 332 valence electrons. The minimum Gasteiger partial charge on any atom is -0.394 e. The molecule has 6 N–H and O–H groups in total. The lowest BCUT2D eigenvalue weighted by Gasteiger charge is -2.41. The molecule has 12 nitrogen and oxygen atoms in total. The summed E-state index contributed by atoms with van der Waals surface area (Å²) >= 11 is 0. The Morgan fingerprint density at radius 2 is 1.12 bits per heavy atom. The number of carbonyl (C=O) groups excluding carboxylic acids is 1. The van der Waals surface area contributed by atoms with Crippen LogP contribution >= 0.6 is 0 Å². The van der Waals surface area contributed by atoms with Gasteiger partial charge in [0, 0.05) is 6.42 Å². The van der Waals surface area contributed by atoms with E-state index in [1.165, 1.54) is 135 Å². The molecule has 0 aromatic heterocycles. The lowest BCUT2D eigenvalue weighted by molar-refractivity contribution is -0.298. The van der Waals surface area contributed by atoms with E-state index in [0.29, 0.717) is 6.42 Å². The van der Waals surface area contributed by atoms with E-state index in [4.69, 9.17) is 14.0 Å². The largest absolute Gasteiger partial charge is 0.397 e. The summed E-state index contributed by atoms with van der Waals surface area (Å²) in [5.41, 5.74) is 0. The predicted molar refractivity (Wildman–Crippen MR) is 222 cm³/mol. The highest BCUT2D eigenvalue weighted by molar-refractivity contribution is 7.80. The molecule has 0 saturated carbocycles. The van der Waals surface area contributed by atoms with Gasteiger partial charge >= 0.3 is 10.4 Å². The van der Waals surface area contributed by atoms with Crippen LogP contribution in [0, 0.1) is 0 Å². The number of hydrogen-bond acceptors (Lipinski definition) is 10. The second-order valence-corrected chi connectivity index (χ2v) is 17.0. The third kappa shape index (κ3) is 27.5. The summed E-state index contributed by atoms with van der Waals surface area (Å²) in [7, 11) is -5.08. The first-order valence-electron chi connectivity index (χ1n) is 22.6. The third-order valence-electron chi connectivity index (χ3n) is 10.8. The Morgan fingerprint density at radius 1 is 0.696 bits per heavy atom. The van der Waals surface area contributed by atoms with Crippen LogP contribution in [0.15, 0.2) is 12.2 Å². The summed E-state index contributed by atoms with van der Waals surface area (Å²) < 4.78 is 47.5. The quantitative estimate of drug-likeness (QED) is 0.0199. The molecule has 1 heterocycles. The highest BCUT2D eigenvalue weighted by Crippen LogP contribution is 2.26. The summed E-state index contributed by atoms with van der Waals surface area (Å²) in [6.45, 7) is 3.37. The Hall–Kier alpha value is -1.16. The first-order valence-corrected chi connectivity index (χ1v) is 23.9. The second kappa shape index (κ2) is 34.7. The molecule has 0 aromatic carbocycles. The van der Waals surface area contributed by atoms with Gasteiger partial charge in [0.05, 0.1) is 25.4 Å². The number of nitrogens with one attached hydrogen (secondary N) is 1. The lowest BCUT2D eigenvalue weighted by Crippen LogP contribution is -2.61. The molecule has 0 aliphatic carbocycles. The van der Waals surface area contributed by atoms with Crippen molar-refractivity contribution in [3.8, 4) is 0 Å². The number of rotatable bonds is 38. The molecule has 1 aliphatic heterocycles. The molecular weight excluding hydrogens is 739 g/mol. The van der Waals surface area contributed by atoms with Crippen LogP contribution in [0.25, 0.3) is 0 Å². The Balaban J connectivity index is 2.52. The lowest BCUT2D eigenvalue weighted by atomic mass is 9.99. The first-order chi connectivity index (χ1) is 27.0. The average Bonchev–Trinajstić information content (AvgIpc) is 3.16. The van der Waals surface area contributed by atoms with Crippen molar-refractivity contribution >= 4 is 16.3 Å². The van der Waals surface area contributed by atoms with E-state index in [9.17, 15) is 33.6 Å². The maximum Gasteiger partial charge on any atom is 0.397 e. The van der Waals surface area contributed by atoms with Crippen LogP contribution in [0.1, 0.15) is 200 Å². The molecule has 1 amide bonds. The maximum absolute atomic E-state index is 13.0. The number of ether oxygens (including phenoxy) is 2. The molecule has 7 unspecified atom stereocenters. The topological polar surface area (TPSA) is 192 Å². The monoisotopic (exact) mass is 822 g/mol. The number of amides is 1. The van der Waals surface area contributed by atoms with E-state index in [0.717, 1.165) is 38.5 Å². The van der Waals surface area contributed by atoms with Crippen LogP contribution in [0.3, 0.4) is 0 Å². The Morgan fingerprint density at radius 3 is 1.55 bits per heavy atom. The van der Waals surface area contributed by atoms with Crippen molar-refractivity contribution in [2.75, 3.05) is 13.2 Å². The van der Waals surface area contributed by atoms with Crippen molar-refractivity contribution in [1.82, 2.24) is 5.32 Å². The minimum atomic E-state index is -5.08. The zero-order chi connectivity index (χ0) is 41.3. The van der Waals surface area contributed by atoms with Gasteiger partial charge in [-0.3, -0.25) is 9.35 Å². The van der Waals surface area contributed by atoms with Crippen LogP contribution in [0.2, 0.25) is 0 Å². The van der Waals surface area contributed by atoms with Crippen LogP contribution in [-0.2, 0) is 28.9 Å². The first kappa shape index (κ1) is 52.9. The highest BCUT2D eigenvalue weighted by Gasteiger charge is 2.48. The third-order valence-corrected chi connectivity index (χ3v) is 11.3. The van der Waals surface area contributed by atoms with Gasteiger partial charge in [-0.15, -0.1) is 0 Å². The van der Waals surface area contributed by atoms with Crippen LogP contribution < -0.4 is 5.32 Å². The smallest absolute Gasteiger partial charge is 0.394 e. The predicted octanol–water partition coefficient (Wildman–Crippen LogP) is 8.38. The number of aliphatic hydroxyl groups is 4. The van der Waals surface area contributed by atoms with Crippen molar-refractivity contribution < 1.29 is 51.8 Å². The van der Waals surface area contributed by atoms with Gasteiger partial charge in [0.25, 0.3) is 0 Å². The van der Waals surface area contributed by atoms with Crippen molar-refractivity contribution in [3.63, 3.8) is 0 Å². The summed E-state index contributed by atoms with van der Waals surface area (Å²) in [5, 5.41) is 44.6. The second-order valence-electron chi connectivity index (χ2n) is 16.0. The Kier molecular flexibility index (Phi) is 32.7. The molecular formula is C43H83NO11S. The summed E-state index contributed by atoms with van der Waals surface area (Å²) in [6.07, 6.45) is 28.3. The number of aliphatic hydroxyl groups excluding tert-OH is 4. The molecule has 1 saturated heterocycles. The van der Waals surface area contributed by atoms with E-state index in [1.54, 1.807) is 6.08 Å². The van der Waals surface area contributed by atoms with Crippen molar-refractivity contribution in [2.45, 2.75) is 243 Å². The molecule has 1 rings (SSSR count). The Labute approximate surface area is 340 Å². The van der Waals surface area contributed by atoms with E-state index < -0.39 is 59.9 Å². The average molecular weight is 822 g/mol. The number of allylic oxidation sites excluding steroid dienone is 1. The molecule has 13 heteroatoms. The fourth-order valence-electron chi connectivity index (χ4n) is 7.28. The molecule has 0 bridgehead atoms. The molecule has 56 heavy (non-hydrogen) atoms. The van der Waals surface area contributed by atoms with Crippen LogP contribution in [0.4, 0.5) is 0 Å². The summed E-state index contributed by atoms with van der Waals surface area (Å²) in [4.78, 5) is 13.0. The van der Waals surface area contributed by atoms with E-state index in [1.807, 2.05) is 6.08 Å². The van der Waals surface area contributed by atoms with E-state index in [2.05, 4.69) is 23.3 Å². The minimum absolute atomic E-state index is 0.263. The molecule has 0 radical (unpaired) electrons. The fraction of sp³-hybridized carbons (Fsp3) is 0.930. The van der Waals surface area contributed by atoms with Gasteiger partial charge < -0.3 is 35.2 Å². The van der Waals surface area contributed by atoms with E-state index >= 15 is 0 Å². The van der Waals surface area contributed by atoms with Crippen molar-refractivity contribution in [2.24, 2.45) is 0 Å². The number of hydrogen-bond donors (Lipinski definition) is 6. The summed E-state index contributed by atoms with van der Waals surface area (Å²) in [5.74, 6) is -0.263. The molecule has 0 aromatic rings. The number of unbranched alkanes of at least 4 members (excludes halogenated alkanes) is 26. The normalized spacial score (nSPS) is 21.4.